The van der Waals surface area contributed by atoms with Crippen molar-refractivity contribution in [2.24, 2.45) is 17.3 Å². The standard InChI is InChI=1S/C20H34O3/c1-13-7-6-11-20(5)17(23-20)16(21)19(4)12-10-14(18(2,3)22)15(19)9-8-13/h7,14-17,21-22H,6,8-12H2,1-5H3/b13-7+/t14-,15+,16-,17+,19+,20+/m1/s1. The normalized spacial score (nSPS) is 50.3. The molecule has 0 radical (unpaired) electrons. The van der Waals surface area contributed by atoms with Crippen LogP contribution in [-0.4, -0.2) is 33.6 Å². The van der Waals surface area contributed by atoms with Gasteiger partial charge in [0.1, 0.15) is 6.10 Å². The predicted molar refractivity (Wildman–Crippen MR) is 92.1 cm³/mol. The molecule has 0 aromatic carbocycles. The van der Waals surface area contributed by atoms with Crippen LogP contribution in [0.5, 0.6) is 0 Å². The smallest absolute Gasteiger partial charge is 0.113 e. The van der Waals surface area contributed by atoms with Gasteiger partial charge in [0.2, 0.25) is 0 Å². The van der Waals surface area contributed by atoms with Gasteiger partial charge in [-0.15, -0.1) is 0 Å². The Balaban J connectivity index is 1.93. The third-order valence-corrected chi connectivity index (χ3v) is 7.12. The van der Waals surface area contributed by atoms with Gasteiger partial charge in [0.05, 0.1) is 17.3 Å². The third-order valence-electron chi connectivity index (χ3n) is 7.12. The maximum Gasteiger partial charge on any atom is 0.113 e. The van der Waals surface area contributed by atoms with Gasteiger partial charge in [0, 0.05) is 0 Å². The average Bonchev–Trinajstić information content (AvgIpc) is 2.97. The Bertz CT molecular complexity index is 492. The second kappa shape index (κ2) is 5.57. The van der Waals surface area contributed by atoms with Crippen molar-refractivity contribution in [3.63, 3.8) is 0 Å². The summed E-state index contributed by atoms with van der Waals surface area (Å²) in [5.41, 5.74) is 0.428. The summed E-state index contributed by atoms with van der Waals surface area (Å²) >= 11 is 0. The minimum atomic E-state index is -0.687. The first kappa shape index (κ1) is 17.4. The predicted octanol–water partition coefficient (Wildman–Crippen LogP) is 3.83. The molecule has 1 saturated carbocycles. The van der Waals surface area contributed by atoms with Crippen LogP contribution in [0.15, 0.2) is 11.6 Å². The van der Waals surface area contributed by atoms with Crippen LogP contribution >= 0.6 is 0 Å². The van der Waals surface area contributed by atoms with Gasteiger partial charge in [-0.2, -0.15) is 0 Å². The molecule has 3 rings (SSSR count). The SMILES string of the molecule is C/C1=C\CC[C@]2(C)O[C@H]2[C@@H](O)[C@@]2(C)CC[C@@H](C(C)(C)O)[C@@H]2CC1. The fourth-order valence-corrected chi connectivity index (χ4v) is 5.35. The summed E-state index contributed by atoms with van der Waals surface area (Å²) in [6.45, 7) is 10.5. The Morgan fingerprint density at radius 2 is 1.91 bits per heavy atom. The molecule has 3 aliphatic rings. The van der Waals surface area contributed by atoms with Crippen LogP contribution in [-0.2, 0) is 4.74 Å². The molecule has 0 aromatic heterocycles. The lowest BCUT2D eigenvalue weighted by molar-refractivity contribution is -0.0563. The molecular formula is C20H34O3. The molecule has 1 saturated heterocycles. The van der Waals surface area contributed by atoms with E-state index < -0.39 is 11.7 Å². The topological polar surface area (TPSA) is 53.0 Å². The molecule has 0 bridgehead atoms. The molecule has 2 aliphatic carbocycles. The lowest BCUT2D eigenvalue weighted by Gasteiger charge is -2.41. The van der Waals surface area contributed by atoms with E-state index in [0.29, 0.717) is 5.92 Å². The van der Waals surface area contributed by atoms with E-state index in [1.165, 1.54) is 5.57 Å². The summed E-state index contributed by atoms with van der Waals surface area (Å²) < 4.78 is 5.98. The molecule has 3 heteroatoms. The summed E-state index contributed by atoms with van der Waals surface area (Å²) in [4.78, 5) is 0. The third kappa shape index (κ3) is 3.01. The van der Waals surface area contributed by atoms with Crippen LogP contribution in [0.1, 0.15) is 73.1 Å². The van der Waals surface area contributed by atoms with Gasteiger partial charge < -0.3 is 14.9 Å². The van der Waals surface area contributed by atoms with Crippen LogP contribution in [0, 0.1) is 17.3 Å². The molecule has 132 valence electrons. The van der Waals surface area contributed by atoms with Gasteiger partial charge in [-0.05, 0) is 83.5 Å². The van der Waals surface area contributed by atoms with Crippen LogP contribution in [0.25, 0.3) is 0 Å². The number of allylic oxidation sites excluding steroid dienone is 2. The molecule has 3 nitrogen and oxygen atoms in total. The highest BCUT2D eigenvalue weighted by atomic mass is 16.6. The number of aliphatic hydroxyl groups excluding tert-OH is 1. The van der Waals surface area contributed by atoms with Crippen LogP contribution in [0.2, 0.25) is 0 Å². The molecule has 23 heavy (non-hydrogen) atoms. The van der Waals surface area contributed by atoms with Gasteiger partial charge in [-0.1, -0.05) is 18.6 Å². The van der Waals surface area contributed by atoms with Crippen LogP contribution in [0.4, 0.5) is 0 Å². The zero-order chi connectivity index (χ0) is 17.0. The van der Waals surface area contributed by atoms with Gasteiger partial charge in [-0.3, -0.25) is 0 Å². The van der Waals surface area contributed by atoms with Gasteiger partial charge in [0.25, 0.3) is 0 Å². The summed E-state index contributed by atoms with van der Waals surface area (Å²) in [5, 5.41) is 21.8. The van der Waals surface area contributed by atoms with E-state index in [2.05, 4.69) is 26.8 Å². The minimum absolute atomic E-state index is 0.0395. The largest absolute Gasteiger partial charge is 0.390 e. The molecule has 0 unspecified atom stereocenters. The van der Waals surface area contributed by atoms with E-state index in [0.717, 1.165) is 38.5 Å². The highest BCUT2D eigenvalue weighted by molar-refractivity contribution is 5.14. The van der Waals surface area contributed by atoms with Crippen molar-refractivity contribution in [2.45, 2.75) is 96.6 Å². The summed E-state index contributed by atoms with van der Waals surface area (Å²) in [6.07, 6.45) is 7.98. The van der Waals surface area contributed by atoms with Crippen molar-refractivity contribution in [3.8, 4) is 0 Å². The highest BCUT2D eigenvalue weighted by Gasteiger charge is 2.63. The van der Waals surface area contributed by atoms with Crippen molar-refractivity contribution in [3.05, 3.63) is 11.6 Å². The van der Waals surface area contributed by atoms with Crippen molar-refractivity contribution in [2.75, 3.05) is 0 Å². The molecule has 1 heterocycles. The second-order valence-electron chi connectivity index (χ2n) is 9.33. The monoisotopic (exact) mass is 322 g/mol. The lowest BCUT2D eigenvalue weighted by atomic mass is 9.66. The number of fused-ring (bicyclic) bond motifs is 2. The van der Waals surface area contributed by atoms with Crippen LogP contribution < -0.4 is 0 Å². The maximum atomic E-state index is 11.2. The lowest BCUT2D eigenvalue weighted by Crippen LogP contribution is -2.45. The van der Waals surface area contributed by atoms with Crippen molar-refractivity contribution >= 4 is 0 Å². The molecule has 6 atom stereocenters. The highest BCUT2D eigenvalue weighted by Crippen LogP contribution is 2.58. The second-order valence-corrected chi connectivity index (χ2v) is 9.33. The number of rotatable bonds is 1. The van der Waals surface area contributed by atoms with Crippen LogP contribution in [0.3, 0.4) is 0 Å². The Kier molecular flexibility index (Phi) is 4.23. The van der Waals surface area contributed by atoms with E-state index in [1.54, 1.807) is 0 Å². The number of hydrogen-bond donors (Lipinski definition) is 2. The molecule has 2 fully saturated rings. The number of epoxide rings is 1. The summed E-state index contributed by atoms with van der Waals surface area (Å²) in [5.74, 6) is 0.591. The number of hydrogen-bond acceptors (Lipinski definition) is 3. The number of ether oxygens (including phenoxy) is 1. The van der Waals surface area contributed by atoms with E-state index in [1.807, 2.05) is 13.8 Å². The summed E-state index contributed by atoms with van der Waals surface area (Å²) in [7, 11) is 0. The maximum absolute atomic E-state index is 11.2. The van der Waals surface area contributed by atoms with E-state index >= 15 is 0 Å². The van der Waals surface area contributed by atoms with Crippen molar-refractivity contribution in [1.82, 2.24) is 0 Å². The molecule has 0 aromatic rings. The molecule has 0 amide bonds. The Morgan fingerprint density at radius 1 is 1.22 bits per heavy atom. The molecular weight excluding hydrogens is 288 g/mol. The first-order chi connectivity index (χ1) is 10.6. The molecule has 2 N–H and O–H groups in total. The van der Waals surface area contributed by atoms with Crippen molar-refractivity contribution < 1.29 is 14.9 Å². The first-order valence-corrected chi connectivity index (χ1v) is 9.32. The fourth-order valence-electron chi connectivity index (χ4n) is 5.35. The van der Waals surface area contributed by atoms with Gasteiger partial charge >= 0.3 is 0 Å². The zero-order valence-corrected chi connectivity index (χ0v) is 15.4. The summed E-state index contributed by atoms with van der Waals surface area (Å²) in [6, 6.07) is 0. The number of aliphatic hydroxyl groups is 2. The average molecular weight is 322 g/mol. The molecule has 0 spiro atoms. The Morgan fingerprint density at radius 3 is 2.57 bits per heavy atom. The van der Waals surface area contributed by atoms with Gasteiger partial charge in [0.15, 0.2) is 0 Å². The van der Waals surface area contributed by atoms with E-state index in [-0.39, 0.29) is 23.0 Å². The minimum Gasteiger partial charge on any atom is -0.390 e. The molecule has 1 aliphatic heterocycles. The van der Waals surface area contributed by atoms with E-state index in [9.17, 15) is 10.2 Å². The zero-order valence-electron chi connectivity index (χ0n) is 15.4. The Labute approximate surface area is 141 Å². The Hall–Kier alpha value is -0.380. The first-order valence-electron chi connectivity index (χ1n) is 9.32. The van der Waals surface area contributed by atoms with Gasteiger partial charge in [-0.25, -0.2) is 0 Å². The van der Waals surface area contributed by atoms with E-state index in [4.69, 9.17) is 4.74 Å². The quantitative estimate of drug-likeness (QED) is 0.570. The van der Waals surface area contributed by atoms with Crippen molar-refractivity contribution in [1.29, 1.82) is 0 Å². The fraction of sp³-hybridized carbons (Fsp3) is 0.900.